The van der Waals surface area contributed by atoms with E-state index in [9.17, 15) is 9.59 Å². The van der Waals surface area contributed by atoms with Gasteiger partial charge in [0.05, 0.1) is 6.42 Å². The number of benzene rings is 1. The zero-order valence-electron chi connectivity index (χ0n) is 7.41. The molecule has 0 aliphatic heterocycles. The molecule has 0 radical (unpaired) electrons. The third-order valence-corrected chi connectivity index (χ3v) is 1.51. The van der Waals surface area contributed by atoms with Crippen molar-refractivity contribution in [2.45, 2.75) is 13.3 Å². The summed E-state index contributed by atoms with van der Waals surface area (Å²) in [7, 11) is 0. The molecule has 1 rings (SSSR count). The Hall–Kier alpha value is -0.726. The van der Waals surface area contributed by atoms with Crippen molar-refractivity contribution < 1.29 is 31.3 Å². The van der Waals surface area contributed by atoms with Gasteiger partial charge in [-0.05, 0) is 6.92 Å². The van der Waals surface area contributed by atoms with Gasteiger partial charge in [0.1, 0.15) is 5.78 Å². The van der Waals surface area contributed by atoms with E-state index < -0.39 is 0 Å². The zero-order chi connectivity index (χ0) is 8.97. The van der Waals surface area contributed by atoms with Crippen molar-refractivity contribution in [2.75, 3.05) is 0 Å². The first-order chi connectivity index (χ1) is 5.70. The number of rotatable bonds is 3. The number of carbonyl (C=O) groups excluding carboxylic acids is 2. The summed E-state index contributed by atoms with van der Waals surface area (Å²) in [5.41, 5.74) is 0.604. The Labute approximate surface area is 92.2 Å². The molecule has 13 heavy (non-hydrogen) atoms. The van der Waals surface area contributed by atoms with Gasteiger partial charge in [-0.3, -0.25) is 9.59 Å². The van der Waals surface area contributed by atoms with E-state index in [1.54, 1.807) is 24.3 Å². The predicted octanol–water partition coefficient (Wildman–Crippen LogP) is 1.85. The minimum absolute atomic E-state index is 0. The molecule has 0 saturated carbocycles. The van der Waals surface area contributed by atoms with Gasteiger partial charge < -0.3 is 0 Å². The fraction of sp³-hybridized carbons (Fsp3) is 0.200. The van der Waals surface area contributed by atoms with E-state index in [0.717, 1.165) is 0 Å². The SMILES string of the molecule is CC(=O)CC(=O)c1ccccc1.[Ti+4]. The first-order valence-electron chi connectivity index (χ1n) is 3.78. The van der Waals surface area contributed by atoms with Gasteiger partial charge >= 0.3 is 21.7 Å². The van der Waals surface area contributed by atoms with E-state index in [0.29, 0.717) is 5.56 Å². The molecule has 0 fully saturated rings. The molecule has 2 nitrogen and oxygen atoms in total. The molecule has 0 bridgehead atoms. The van der Waals surface area contributed by atoms with Crippen LogP contribution in [0.2, 0.25) is 0 Å². The van der Waals surface area contributed by atoms with Gasteiger partial charge in [0.15, 0.2) is 5.78 Å². The fourth-order valence-electron chi connectivity index (χ4n) is 0.952. The van der Waals surface area contributed by atoms with Gasteiger partial charge in [0.25, 0.3) is 0 Å². The molecule has 0 saturated heterocycles. The van der Waals surface area contributed by atoms with E-state index >= 15 is 0 Å². The molecular formula is C10H10O2Ti+4. The maximum absolute atomic E-state index is 11.2. The summed E-state index contributed by atoms with van der Waals surface area (Å²) < 4.78 is 0. The monoisotopic (exact) mass is 210 g/mol. The van der Waals surface area contributed by atoms with Gasteiger partial charge in [-0.1, -0.05) is 30.3 Å². The molecule has 3 heteroatoms. The third kappa shape index (κ3) is 4.16. The predicted molar refractivity (Wildman–Crippen MR) is 46.1 cm³/mol. The van der Waals surface area contributed by atoms with E-state index in [1.165, 1.54) is 6.92 Å². The summed E-state index contributed by atoms with van der Waals surface area (Å²) >= 11 is 0. The summed E-state index contributed by atoms with van der Waals surface area (Å²) in [6.45, 7) is 1.42. The van der Waals surface area contributed by atoms with Crippen molar-refractivity contribution in [1.29, 1.82) is 0 Å². The smallest absolute Gasteiger partial charge is 0.300 e. The second-order valence-electron chi connectivity index (χ2n) is 2.67. The molecule has 62 valence electrons. The molecule has 1 aromatic rings. The van der Waals surface area contributed by atoms with Gasteiger partial charge in [0.2, 0.25) is 0 Å². The summed E-state index contributed by atoms with van der Waals surface area (Å²) in [5.74, 6) is -0.202. The number of ketones is 2. The zero-order valence-corrected chi connectivity index (χ0v) is 8.97. The maximum Gasteiger partial charge on any atom is 4.00 e. The molecule has 0 spiro atoms. The van der Waals surface area contributed by atoms with Gasteiger partial charge in [0, 0.05) is 5.56 Å². The second kappa shape index (κ2) is 5.84. The molecule has 0 amide bonds. The molecule has 0 aliphatic rings. The van der Waals surface area contributed by atoms with E-state index in [2.05, 4.69) is 0 Å². The molecule has 0 atom stereocenters. The van der Waals surface area contributed by atoms with Crippen LogP contribution in [0.1, 0.15) is 23.7 Å². The Morgan fingerprint density at radius 1 is 1.15 bits per heavy atom. The van der Waals surface area contributed by atoms with Crippen LogP contribution in [-0.2, 0) is 26.5 Å². The molecule has 0 unspecified atom stereocenters. The van der Waals surface area contributed by atoms with Crippen molar-refractivity contribution in [1.82, 2.24) is 0 Å². The Bertz CT molecular complexity index is 293. The Kier molecular flexibility index (Phi) is 5.51. The standard InChI is InChI=1S/C10H10O2.Ti/c1-8(11)7-10(12)9-5-3-2-4-6-9;/h2-6H,7H2,1H3;/q;+4. The van der Waals surface area contributed by atoms with E-state index in [-0.39, 0.29) is 39.7 Å². The summed E-state index contributed by atoms with van der Waals surface area (Å²) in [6, 6.07) is 8.84. The summed E-state index contributed by atoms with van der Waals surface area (Å²) in [4.78, 5) is 21.8. The van der Waals surface area contributed by atoms with E-state index in [4.69, 9.17) is 0 Å². The van der Waals surface area contributed by atoms with Crippen LogP contribution in [0.4, 0.5) is 0 Å². The number of hydrogen-bond donors (Lipinski definition) is 0. The molecular weight excluding hydrogens is 200 g/mol. The van der Waals surface area contributed by atoms with Crippen LogP contribution in [0, 0.1) is 0 Å². The molecule has 0 aliphatic carbocycles. The van der Waals surface area contributed by atoms with Crippen LogP contribution < -0.4 is 0 Å². The van der Waals surface area contributed by atoms with Crippen molar-refractivity contribution in [3.05, 3.63) is 35.9 Å². The van der Waals surface area contributed by atoms with Gasteiger partial charge in [-0.15, -0.1) is 0 Å². The van der Waals surface area contributed by atoms with Gasteiger partial charge in [-0.2, -0.15) is 0 Å². The van der Waals surface area contributed by atoms with Gasteiger partial charge in [-0.25, -0.2) is 0 Å². The van der Waals surface area contributed by atoms with Crippen LogP contribution in [0.3, 0.4) is 0 Å². The molecule has 1 aromatic carbocycles. The van der Waals surface area contributed by atoms with Crippen LogP contribution in [0.15, 0.2) is 30.3 Å². The largest absolute Gasteiger partial charge is 4.00 e. The third-order valence-electron chi connectivity index (χ3n) is 1.51. The number of Topliss-reactive ketones (excluding diaryl/α,β-unsaturated/α-hetero) is 2. The summed E-state index contributed by atoms with van der Waals surface area (Å²) in [5, 5.41) is 0. The first kappa shape index (κ1) is 12.3. The van der Waals surface area contributed by atoms with Crippen LogP contribution in [-0.4, -0.2) is 11.6 Å². The van der Waals surface area contributed by atoms with Crippen molar-refractivity contribution in [3.63, 3.8) is 0 Å². The minimum Gasteiger partial charge on any atom is -0.300 e. The summed E-state index contributed by atoms with van der Waals surface area (Å²) in [6.07, 6.45) is 0.00398. The minimum atomic E-state index is -0.108. The van der Waals surface area contributed by atoms with Crippen molar-refractivity contribution in [2.24, 2.45) is 0 Å². The van der Waals surface area contributed by atoms with Crippen LogP contribution >= 0.6 is 0 Å². The second-order valence-corrected chi connectivity index (χ2v) is 2.67. The number of carbonyl (C=O) groups is 2. The Morgan fingerprint density at radius 2 is 1.69 bits per heavy atom. The Morgan fingerprint density at radius 3 is 2.15 bits per heavy atom. The average Bonchev–Trinajstić information content (AvgIpc) is 2.05. The average molecular weight is 210 g/mol. The topological polar surface area (TPSA) is 34.1 Å². The number of hydrogen-bond acceptors (Lipinski definition) is 2. The normalized spacial score (nSPS) is 8.69. The maximum atomic E-state index is 11.2. The quantitative estimate of drug-likeness (QED) is 0.433. The Balaban J connectivity index is 0.00000144. The molecule has 0 aromatic heterocycles. The molecule has 0 N–H and O–H groups in total. The van der Waals surface area contributed by atoms with Crippen molar-refractivity contribution in [3.8, 4) is 0 Å². The first-order valence-corrected chi connectivity index (χ1v) is 3.78. The van der Waals surface area contributed by atoms with E-state index in [1.807, 2.05) is 6.07 Å². The molecule has 0 heterocycles. The van der Waals surface area contributed by atoms with Crippen LogP contribution in [0.25, 0.3) is 0 Å². The van der Waals surface area contributed by atoms with Crippen molar-refractivity contribution >= 4 is 11.6 Å². The van der Waals surface area contributed by atoms with Crippen LogP contribution in [0.5, 0.6) is 0 Å². The fourth-order valence-corrected chi connectivity index (χ4v) is 0.952.